The van der Waals surface area contributed by atoms with Crippen LogP contribution in [0.15, 0.2) is 30.6 Å². The summed E-state index contributed by atoms with van der Waals surface area (Å²) in [6.07, 6.45) is 3.46. The average molecular weight is 264 g/mol. The molecule has 18 heavy (non-hydrogen) atoms. The van der Waals surface area contributed by atoms with Crippen molar-refractivity contribution in [2.24, 2.45) is 0 Å². The molecule has 4 nitrogen and oxygen atoms in total. The first kappa shape index (κ1) is 12.8. The molecule has 0 atom stereocenters. The Hall–Kier alpha value is -1.65. The molecule has 5 heteroatoms. The summed E-state index contributed by atoms with van der Waals surface area (Å²) in [7, 11) is 0. The van der Waals surface area contributed by atoms with E-state index in [-0.39, 0.29) is 5.75 Å². The molecule has 0 unspecified atom stereocenters. The SMILES string of the molecule is Cc1cnc(CNCc2c(O)cccc2Cl)cn1. The molecule has 0 aliphatic heterocycles. The van der Waals surface area contributed by atoms with Crippen molar-refractivity contribution in [2.75, 3.05) is 0 Å². The fraction of sp³-hybridized carbons (Fsp3) is 0.231. The first-order valence-corrected chi connectivity index (χ1v) is 5.99. The average Bonchev–Trinajstić information content (AvgIpc) is 2.35. The first-order chi connectivity index (χ1) is 8.66. The number of aromatic hydroxyl groups is 1. The van der Waals surface area contributed by atoms with E-state index in [9.17, 15) is 5.11 Å². The van der Waals surface area contributed by atoms with E-state index in [1.165, 1.54) is 0 Å². The zero-order valence-corrected chi connectivity index (χ0v) is 10.8. The van der Waals surface area contributed by atoms with Crippen LogP contribution >= 0.6 is 11.6 Å². The predicted molar refractivity (Wildman–Crippen MR) is 70.4 cm³/mol. The molecule has 0 saturated carbocycles. The lowest BCUT2D eigenvalue weighted by Gasteiger charge is -2.08. The quantitative estimate of drug-likeness (QED) is 0.890. The molecule has 0 saturated heterocycles. The molecular weight excluding hydrogens is 250 g/mol. The summed E-state index contributed by atoms with van der Waals surface area (Å²) in [5.41, 5.74) is 2.44. The van der Waals surface area contributed by atoms with Crippen molar-refractivity contribution >= 4 is 11.6 Å². The molecule has 2 rings (SSSR count). The summed E-state index contributed by atoms with van der Waals surface area (Å²) in [5.74, 6) is 0.199. The molecule has 1 aromatic heterocycles. The van der Waals surface area contributed by atoms with Crippen molar-refractivity contribution in [2.45, 2.75) is 20.0 Å². The highest BCUT2D eigenvalue weighted by molar-refractivity contribution is 6.31. The van der Waals surface area contributed by atoms with Gasteiger partial charge in [0.25, 0.3) is 0 Å². The number of phenols is 1. The number of phenolic OH excluding ortho intramolecular Hbond substituents is 1. The smallest absolute Gasteiger partial charge is 0.121 e. The Balaban J connectivity index is 1.94. The molecule has 94 valence electrons. The van der Waals surface area contributed by atoms with Crippen molar-refractivity contribution in [1.82, 2.24) is 15.3 Å². The van der Waals surface area contributed by atoms with E-state index >= 15 is 0 Å². The van der Waals surface area contributed by atoms with Gasteiger partial charge in [-0.3, -0.25) is 9.97 Å². The Morgan fingerprint density at radius 3 is 2.72 bits per heavy atom. The summed E-state index contributed by atoms with van der Waals surface area (Å²) in [4.78, 5) is 8.40. The van der Waals surface area contributed by atoms with E-state index in [4.69, 9.17) is 11.6 Å². The summed E-state index contributed by atoms with van der Waals surface area (Å²) >= 11 is 6.00. The standard InChI is InChI=1S/C13H14ClN3O/c1-9-5-17-10(7-16-9)6-15-8-11-12(14)3-2-4-13(11)18/h2-5,7,15,18H,6,8H2,1H3. The lowest BCUT2D eigenvalue weighted by atomic mass is 10.2. The van der Waals surface area contributed by atoms with E-state index in [2.05, 4.69) is 15.3 Å². The lowest BCUT2D eigenvalue weighted by molar-refractivity contribution is 0.464. The second kappa shape index (κ2) is 5.80. The second-order valence-electron chi connectivity index (χ2n) is 3.99. The van der Waals surface area contributed by atoms with Gasteiger partial charge in [0.15, 0.2) is 0 Å². The zero-order chi connectivity index (χ0) is 13.0. The van der Waals surface area contributed by atoms with Gasteiger partial charge < -0.3 is 10.4 Å². The normalized spacial score (nSPS) is 10.6. The van der Waals surface area contributed by atoms with Crippen LogP contribution in [-0.4, -0.2) is 15.1 Å². The molecule has 0 aliphatic rings. The Morgan fingerprint density at radius 1 is 1.22 bits per heavy atom. The topological polar surface area (TPSA) is 58.0 Å². The number of nitrogens with zero attached hydrogens (tertiary/aromatic N) is 2. The van der Waals surface area contributed by atoms with Crippen LogP contribution in [-0.2, 0) is 13.1 Å². The van der Waals surface area contributed by atoms with Crippen LogP contribution in [0.1, 0.15) is 17.0 Å². The Labute approximate surface area is 111 Å². The van der Waals surface area contributed by atoms with Crippen LogP contribution in [0.25, 0.3) is 0 Å². The highest BCUT2D eigenvalue weighted by Gasteiger charge is 2.05. The molecule has 0 fully saturated rings. The summed E-state index contributed by atoms with van der Waals surface area (Å²) < 4.78 is 0. The van der Waals surface area contributed by atoms with Crippen LogP contribution in [0.4, 0.5) is 0 Å². The van der Waals surface area contributed by atoms with Crippen molar-refractivity contribution in [3.8, 4) is 5.75 Å². The van der Waals surface area contributed by atoms with Crippen LogP contribution in [0.2, 0.25) is 5.02 Å². The summed E-state index contributed by atoms with van der Waals surface area (Å²) in [5, 5.41) is 13.4. The number of aryl methyl sites for hydroxylation is 1. The third-order valence-corrected chi connectivity index (χ3v) is 2.89. The first-order valence-electron chi connectivity index (χ1n) is 5.61. The summed E-state index contributed by atoms with van der Waals surface area (Å²) in [6, 6.07) is 5.09. The van der Waals surface area contributed by atoms with Crippen molar-refractivity contribution < 1.29 is 5.11 Å². The van der Waals surface area contributed by atoms with E-state index in [0.717, 1.165) is 11.4 Å². The number of benzene rings is 1. The lowest BCUT2D eigenvalue weighted by Crippen LogP contribution is -2.14. The third-order valence-electron chi connectivity index (χ3n) is 2.54. The molecule has 0 amide bonds. The van der Waals surface area contributed by atoms with Gasteiger partial charge in [-0.2, -0.15) is 0 Å². The number of halogens is 1. The van der Waals surface area contributed by atoms with Gasteiger partial charge in [-0.1, -0.05) is 17.7 Å². The Bertz CT molecular complexity index is 508. The van der Waals surface area contributed by atoms with Crippen molar-refractivity contribution in [3.63, 3.8) is 0 Å². The van der Waals surface area contributed by atoms with E-state index in [1.807, 2.05) is 6.92 Å². The predicted octanol–water partition coefficient (Wildman–Crippen LogP) is 2.43. The molecular formula is C13H14ClN3O. The molecule has 0 bridgehead atoms. The molecule has 0 radical (unpaired) electrons. The van der Waals surface area contributed by atoms with E-state index in [1.54, 1.807) is 30.6 Å². The van der Waals surface area contributed by atoms with E-state index in [0.29, 0.717) is 23.7 Å². The molecule has 0 aliphatic carbocycles. The third kappa shape index (κ3) is 3.18. The van der Waals surface area contributed by atoms with Gasteiger partial charge in [0.2, 0.25) is 0 Å². The van der Waals surface area contributed by atoms with Gasteiger partial charge in [-0.15, -0.1) is 0 Å². The molecule has 1 heterocycles. The van der Waals surface area contributed by atoms with Gasteiger partial charge in [0, 0.05) is 36.1 Å². The fourth-order valence-corrected chi connectivity index (χ4v) is 1.78. The van der Waals surface area contributed by atoms with Crippen LogP contribution < -0.4 is 5.32 Å². The molecule has 0 spiro atoms. The number of hydrogen-bond acceptors (Lipinski definition) is 4. The molecule has 1 aromatic carbocycles. The highest BCUT2D eigenvalue weighted by atomic mass is 35.5. The monoisotopic (exact) mass is 263 g/mol. The van der Waals surface area contributed by atoms with E-state index < -0.39 is 0 Å². The Kier molecular flexibility index (Phi) is 4.12. The minimum atomic E-state index is 0.199. The summed E-state index contributed by atoms with van der Waals surface area (Å²) in [6.45, 7) is 2.96. The van der Waals surface area contributed by atoms with Crippen LogP contribution in [0.5, 0.6) is 5.75 Å². The highest BCUT2D eigenvalue weighted by Crippen LogP contribution is 2.24. The minimum Gasteiger partial charge on any atom is -0.508 e. The van der Waals surface area contributed by atoms with Gasteiger partial charge >= 0.3 is 0 Å². The zero-order valence-electron chi connectivity index (χ0n) is 10.0. The van der Waals surface area contributed by atoms with Crippen molar-refractivity contribution in [1.29, 1.82) is 0 Å². The minimum absolute atomic E-state index is 0.199. The van der Waals surface area contributed by atoms with Gasteiger partial charge in [0.05, 0.1) is 11.4 Å². The number of hydrogen-bond donors (Lipinski definition) is 2. The van der Waals surface area contributed by atoms with Gasteiger partial charge in [-0.05, 0) is 19.1 Å². The molecule has 2 N–H and O–H groups in total. The molecule has 2 aromatic rings. The van der Waals surface area contributed by atoms with Crippen molar-refractivity contribution in [3.05, 3.63) is 52.6 Å². The maximum absolute atomic E-state index is 9.67. The number of rotatable bonds is 4. The number of nitrogens with one attached hydrogen (secondary N) is 1. The van der Waals surface area contributed by atoms with Crippen LogP contribution in [0.3, 0.4) is 0 Å². The maximum Gasteiger partial charge on any atom is 0.121 e. The number of aromatic nitrogens is 2. The maximum atomic E-state index is 9.67. The van der Waals surface area contributed by atoms with Gasteiger partial charge in [-0.25, -0.2) is 0 Å². The fourth-order valence-electron chi connectivity index (χ4n) is 1.55. The van der Waals surface area contributed by atoms with Gasteiger partial charge in [0.1, 0.15) is 5.75 Å². The van der Waals surface area contributed by atoms with Crippen LogP contribution in [0, 0.1) is 6.92 Å². The second-order valence-corrected chi connectivity index (χ2v) is 4.40. The largest absolute Gasteiger partial charge is 0.508 e. The Morgan fingerprint density at radius 2 is 2.06 bits per heavy atom.